The Morgan fingerprint density at radius 1 is 1.44 bits per heavy atom. The van der Waals surface area contributed by atoms with Crippen molar-refractivity contribution >= 4 is 11.6 Å². The number of unbranched alkanes of at least 4 members (excludes halogenated alkanes) is 1. The molecule has 0 radical (unpaired) electrons. The zero-order chi connectivity index (χ0) is 12.0. The summed E-state index contributed by atoms with van der Waals surface area (Å²) in [5.74, 6) is -0.154. The maximum atomic E-state index is 11.7. The van der Waals surface area contributed by atoms with Crippen LogP contribution in [0.5, 0.6) is 0 Å². The van der Waals surface area contributed by atoms with E-state index >= 15 is 0 Å². The van der Waals surface area contributed by atoms with Crippen molar-refractivity contribution in [1.29, 1.82) is 0 Å². The first-order valence-electron chi connectivity index (χ1n) is 5.41. The van der Waals surface area contributed by atoms with Gasteiger partial charge < -0.3 is 16.2 Å². The normalized spacial score (nSPS) is 10.1. The lowest BCUT2D eigenvalue weighted by atomic mass is 10.1. The zero-order valence-corrected chi connectivity index (χ0v) is 9.49. The monoisotopic (exact) mass is 222 g/mol. The average Bonchev–Trinajstić information content (AvgIpc) is 2.28. The Morgan fingerprint density at radius 3 is 2.88 bits per heavy atom. The lowest BCUT2D eigenvalue weighted by Gasteiger charge is -2.08. The van der Waals surface area contributed by atoms with E-state index in [0.29, 0.717) is 24.2 Å². The van der Waals surface area contributed by atoms with E-state index in [9.17, 15) is 4.79 Å². The van der Waals surface area contributed by atoms with Crippen molar-refractivity contribution in [3.8, 4) is 0 Å². The van der Waals surface area contributed by atoms with E-state index in [1.54, 1.807) is 6.07 Å². The predicted molar refractivity (Wildman–Crippen MR) is 64.2 cm³/mol. The summed E-state index contributed by atoms with van der Waals surface area (Å²) in [4.78, 5) is 11.7. The van der Waals surface area contributed by atoms with Crippen molar-refractivity contribution in [3.05, 3.63) is 29.3 Å². The number of anilines is 1. The number of nitrogens with one attached hydrogen (secondary N) is 1. The van der Waals surface area contributed by atoms with Crippen LogP contribution in [-0.2, 0) is 0 Å². The van der Waals surface area contributed by atoms with Crippen molar-refractivity contribution in [2.75, 3.05) is 18.9 Å². The first-order valence-corrected chi connectivity index (χ1v) is 5.41. The maximum Gasteiger partial charge on any atom is 0.253 e. The number of rotatable bonds is 5. The van der Waals surface area contributed by atoms with Gasteiger partial charge in [-0.15, -0.1) is 0 Å². The van der Waals surface area contributed by atoms with E-state index in [1.165, 1.54) is 0 Å². The Kier molecular flexibility index (Phi) is 4.79. The summed E-state index contributed by atoms with van der Waals surface area (Å²) >= 11 is 0. The summed E-state index contributed by atoms with van der Waals surface area (Å²) in [6, 6.07) is 5.40. The topological polar surface area (TPSA) is 75.3 Å². The lowest BCUT2D eigenvalue weighted by molar-refractivity contribution is 0.0953. The molecule has 88 valence electrons. The minimum Gasteiger partial charge on any atom is -0.398 e. The van der Waals surface area contributed by atoms with E-state index in [1.807, 2.05) is 19.1 Å². The fourth-order valence-corrected chi connectivity index (χ4v) is 1.41. The molecule has 4 heteroatoms. The number of hydrogen-bond donors (Lipinski definition) is 3. The Labute approximate surface area is 95.5 Å². The summed E-state index contributed by atoms with van der Waals surface area (Å²) in [5.41, 5.74) is 7.77. The molecule has 0 aliphatic rings. The largest absolute Gasteiger partial charge is 0.398 e. The van der Waals surface area contributed by atoms with Gasteiger partial charge in [0.05, 0.1) is 5.56 Å². The molecule has 4 nitrogen and oxygen atoms in total. The predicted octanol–water partition coefficient (Wildman–Crippen LogP) is 1.08. The third-order valence-corrected chi connectivity index (χ3v) is 2.44. The van der Waals surface area contributed by atoms with Crippen molar-refractivity contribution in [2.24, 2.45) is 0 Å². The lowest BCUT2D eigenvalue weighted by Crippen LogP contribution is -2.25. The number of aryl methyl sites for hydroxylation is 1. The van der Waals surface area contributed by atoms with Crippen LogP contribution < -0.4 is 11.1 Å². The van der Waals surface area contributed by atoms with Crippen molar-refractivity contribution in [2.45, 2.75) is 19.8 Å². The van der Waals surface area contributed by atoms with Gasteiger partial charge in [0.1, 0.15) is 0 Å². The molecule has 1 aromatic carbocycles. The number of carbonyl (C=O) groups is 1. The second kappa shape index (κ2) is 6.12. The van der Waals surface area contributed by atoms with E-state index in [2.05, 4.69) is 5.32 Å². The first kappa shape index (κ1) is 12.5. The molecule has 0 atom stereocenters. The molecule has 1 rings (SSSR count). The number of nitrogens with two attached hydrogens (primary N) is 1. The molecule has 0 aromatic heterocycles. The molecular weight excluding hydrogens is 204 g/mol. The molecule has 0 aliphatic carbocycles. The second-order valence-electron chi connectivity index (χ2n) is 3.72. The van der Waals surface area contributed by atoms with Gasteiger partial charge in [-0.25, -0.2) is 0 Å². The van der Waals surface area contributed by atoms with Gasteiger partial charge in [0.2, 0.25) is 0 Å². The standard InChI is InChI=1S/C12H18N2O2/c1-9-5-4-6-10(11(9)13)12(16)14-7-2-3-8-15/h4-6,15H,2-3,7-8,13H2,1H3,(H,14,16). The van der Waals surface area contributed by atoms with Crippen LogP contribution >= 0.6 is 0 Å². The SMILES string of the molecule is Cc1cccc(C(=O)NCCCCO)c1N. The number of benzene rings is 1. The van der Waals surface area contributed by atoms with Crippen molar-refractivity contribution < 1.29 is 9.90 Å². The smallest absolute Gasteiger partial charge is 0.253 e. The fourth-order valence-electron chi connectivity index (χ4n) is 1.41. The Balaban J connectivity index is 2.56. The van der Waals surface area contributed by atoms with Crippen LogP contribution in [0, 0.1) is 6.92 Å². The number of carbonyl (C=O) groups excluding carboxylic acids is 1. The van der Waals surface area contributed by atoms with E-state index in [0.717, 1.165) is 12.0 Å². The van der Waals surface area contributed by atoms with E-state index in [-0.39, 0.29) is 12.5 Å². The summed E-state index contributed by atoms with van der Waals surface area (Å²) in [5, 5.41) is 11.4. The number of aliphatic hydroxyl groups excluding tert-OH is 1. The van der Waals surface area contributed by atoms with Crippen molar-refractivity contribution in [1.82, 2.24) is 5.32 Å². The van der Waals surface area contributed by atoms with Crippen LogP contribution in [0.15, 0.2) is 18.2 Å². The van der Waals surface area contributed by atoms with E-state index < -0.39 is 0 Å². The van der Waals surface area contributed by atoms with Crippen LogP contribution in [0.1, 0.15) is 28.8 Å². The van der Waals surface area contributed by atoms with Gasteiger partial charge in [-0.05, 0) is 31.4 Å². The molecule has 0 bridgehead atoms. The van der Waals surface area contributed by atoms with E-state index in [4.69, 9.17) is 10.8 Å². The molecule has 4 N–H and O–H groups in total. The summed E-state index contributed by atoms with van der Waals surface area (Å²) in [6.45, 7) is 2.59. The molecule has 0 spiro atoms. The van der Waals surface area contributed by atoms with Gasteiger partial charge in [0, 0.05) is 18.8 Å². The highest BCUT2D eigenvalue weighted by Gasteiger charge is 2.09. The molecule has 0 unspecified atom stereocenters. The van der Waals surface area contributed by atoms with Gasteiger partial charge in [0.25, 0.3) is 5.91 Å². The third-order valence-electron chi connectivity index (χ3n) is 2.44. The number of aliphatic hydroxyl groups is 1. The highest BCUT2D eigenvalue weighted by atomic mass is 16.2. The molecule has 0 heterocycles. The molecule has 0 fully saturated rings. The van der Waals surface area contributed by atoms with Gasteiger partial charge >= 0.3 is 0 Å². The van der Waals surface area contributed by atoms with Crippen LogP contribution in [0.2, 0.25) is 0 Å². The van der Waals surface area contributed by atoms with Crippen LogP contribution in [0.4, 0.5) is 5.69 Å². The molecule has 16 heavy (non-hydrogen) atoms. The molecule has 0 saturated heterocycles. The minimum atomic E-state index is -0.154. The quantitative estimate of drug-likeness (QED) is 0.515. The minimum absolute atomic E-state index is 0.154. The summed E-state index contributed by atoms with van der Waals surface area (Å²) in [6.07, 6.45) is 1.47. The highest BCUT2D eigenvalue weighted by molar-refractivity contribution is 5.99. The Bertz CT molecular complexity index is 364. The zero-order valence-electron chi connectivity index (χ0n) is 9.49. The average molecular weight is 222 g/mol. The first-order chi connectivity index (χ1) is 7.66. The van der Waals surface area contributed by atoms with Crippen molar-refractivity contribution in [3.63, 3.8) is 0 Å². The van der Waals surface area contributed by atoms with Gasteiger partial charge in [0.15, 0.2) is 0 Å². The third kappa shape index (κ3) is 3.24. The number of amides is 1. The Morgan fingerprint density at radius 2 is 2.19 bits per heavy atom. The van der Waals surface area contributed by atoms with Crippen LogP contribution in [-0.4, -0.2) is 24.2 Å². The Hall–Kier alpha value is -1.55. The second-order valence-corrected chi connectivity index (χ2v) is 3.72. The number of hydrogen-bond acceptors (Lipinski definition) is 3. The number of para-hydroxylation sites is 1. The fraction of sp³-hybridized carbons (Fsp3) is 0.417. The summed E-state index contributed by atoms with van der Waals surface area (Å²) in [7, 11) is 0. The molecule has 1 aromatic rings. The highest BCUT2D eigenvalue weighted by Crippen LogP contribution is 2.15. The maximum absolute atomic E-state index is 11.7. The van der Waals surface area contributed by atoms with Crippen LogP contribution in [0.3, 0.4) is 0 Å². The molecule has 0 saturated carbocycles. The molecule has 1 amide bonds. The summed E-state index contributed by atoms with van der Waals surface area (Å²) < 4.78 is 0. The number of nitrogen functional groups attached to an aromatic ring is 1. The van der Waals surface area contributed by atoms with Gasteiger partial charge in [-0.1, -0.05) is 12.1 Å². The van der Waals surface area contributed by atoms with Gasteiger partial charge in [-0.3, -0.25) is 4.79 Å². The van der Waals surface area contributed by atoms with Crippen LogP contribution in [0.25, 0.3) is 0 Å². The van der Waals surface area contributed by atoms with Gasteiger partial charge in [-0.2, -0.15) is 0 Å². The molecule has 0 aliphatic heterocycles. The molecular formula is C12H18N2O2.